The first kappa shape index (κ1) is 11.1. The molecule has 4 nitrogen and oxygen atoms in total. The number of hydrogen-bond acceptors (Lipinski definition) is 3. The molecule has 2 N–H and O–H groups in total. The molecule has 86 valence electrons. The summed E-state index contributed by atoms with van der Waals surface area (Å²) in [5.74, 6) is 0.0441. The molecular formula is C12H17N3O. The lowest BCUT2D eigenvalue weighted by molar-refractivity contribution is 0.0708. The standard InChI is InChI=1S/C12H17N3O/c1-9-4-5-10(7-14-9)12(16)15-6-2-3-11(13)8-15/h4-5,7,11H,2-3,6,8,13H2,1H3. The van der Waals surface area contributed by atoms with Gasteiger partial charge in [-0.2, -0.15) is 0 Å². The van der Waals surface area contributed by atoms with Crippen molar-refractivity contribution in [2.24, 2.45) is 5.73 Å². The molecule has 0 saturated carbocycles. The molecule has 1 fully saturated rings. The van der Waals surface area contributed by atoms with Crippen LogP contribution in [0.4, 0.5) is 0 Å². The van der Waals surface area contributed by atoms with Gasteiger partial charge in [0.2, 0.25) is 0 Å². The molecule has 1 aromatic rings. The quantitative estimate of drug-likeness (QED) is 0.765. The molecule has 0 radical (unpaired) electrons. The van der Waals surface area contributed by atoms with Gasteiger partial charge in [-0.05, 0) is 31.9 Å². The summed E-state index contributed by atoms with van der Waals surface area (Å²) in [6.45, 7) is 3.37. The van der Waals surface area contributed by atoms with E-state index in [4.69, 9.17) is 5.73 Å². The number of carbonyl (C=O) groups excluding carboxylic acids is 1. The number of nitrogens with two attached hydrogens (primary N) is 1. The highest BCUT2D eigenvalue weighted by Gasteiger charge is 2.22. The van der Waals surface area contributed by atoms with Gasteiger partial charge in [-0.25, -0.2) is 0 Å². The van der Waals surface area contributed by atoms with E-state index in [-0.39, 0.29) is 11.9 Å². The molecule has 1 aromatic heterocycles. The van der Waals surface area contributed by atoms with Crippen LogP contribution in [0.5, 0.6) is 0 Å². The Bertz CT molecular complexity index is 374. The molecule has 16 heavy (non-hydrogen) atoms. The molecule has 0 spiro atoms. The number of rotatable bonds is 1. The maximum absolute atomic E-state index is 12.1. The number of carbonyl (C=O) groups is 1. The number of amides is 1. The van der Waals surface area contributed by atoms with Gasteiger partial charge in [0.15, 0.2) is 0 Å². The highest BCUT2D eigenvalue weighted by Crippen LogP contribution is 2.12. The second-order valence-electron chi connectivity index (χ2n) is 4.34. The van der Waals surface area contributed by atoms with E-state index in [0.717, 1.165) is 25.1 Å². The summed E-state index contributed by atoms with van der Waals surface area (Å²) in [6.07, 6.45) is 3.64. The molecule has 1 unspecified atom stereocenters. The summed E-state index contributed by atoms with van der Waals surface area (Å²) in [7, 11) is 0. The van der Waals surface area contributed by atoms with Crippen LogP contribution in [0.15, 0.2) is 18.3 Å². The minimum atomic E-state index is 0.0441. The van der Waals surface area contributed by atoms with Crippen molar-refractivity contribution in [2.75, 3.05) is 13.1 Å². The Labute approximate surface area is 95.5 Å². The fourth-order valence-corrected chi connectivity index (χ4v) is 1.97. The third-order valence-electron chi connectivity index (χ3n) is 2.90. The fraction of sp³-hybridized carbons (Fsp3) is 0.500. The van der Waals surface area contributed by atoms with Gasteiger partial charge in [0.1, 0.15) is 0 Å². The second-order valence-corrected chi connectivity index (χ2v) is 4.34. The Morgan fingerprint density at radius 3 is 3.00 bits per heavy atom. The van der Waals surface area contributed by atoms with Crippen LogP contribution in [0, 0.1) is 6.92 Å². The zero-order valence-electron chi connectivity index (χ0n) is 9.52. The smallest absolute Gasteiger partial charge is 0.255 e. The number of aromatic nitrogens is 1. The van der Waals surface area contributed by atoms with E-state index in [1.807, 2.05) is 24.0 Å². The lowest BCUT2D eigenvalue weighted by Crippen LogP contribution is -2.45. The first-order valence-corrected chi connectivity index (χ1v) is 5.64. The normalized spacial score (nSPS) is 20.9. The summed E-state index contributed by atoms with van der Waals surface area (Å²) in [5.41, 5.74) is 7.43. The zero-order valence-corrected chi connectivity index (χ0v) is 9.52. The highest BCUT2D eigenvalue weighted by molar-refractivity contribution is 5.94. The van der Waals surface area contributed by atoms with Gasteiger partial charge in [0.05, 0.1) is 5.56 Å². The molecule has 0 aliphatic carbocycles. The van der Waals surface area contributed by atoms with Crippen LogP contribution in [0.25, 0.3) is 0 Å². The summed E-state index contributed by atoms with van der Waals surface area (Å²) in [4.78, 5) is 18.0. The van der Waals surface area contributed by atoms with E-state index < -0.39 is 0 Å². The van der Waals surface area contributed by atoms with Crippen molar-refractivity contribution < 1.29 is 4.79 Å². The zero-order chi connectivity index (χ0) is 11.5. The molecule has 0 aromatic carbocycles. The van der Waals surface area contributed by atoms with Gasteiger partial charge in [0, 0.05) is 31.0 Å². The van der Waals surface area contributed by atoms with Crippen molar-refractivity contribution in [1.29, 1.82) is 0 Å². The molecule has 4 heteroatoms. The third-order valence-corrected chi connectivity index (χ3v) is 2.90. The lowest BCUT2D eigenvalue weighted by Gasteiger charge is -2.30. The number of pyridine rings is 1. The van der Waals surface area contributed by atoms with E-state index in [0.29, 0.717) is 12.1 Å². The van der Waals surface area contributed by atoms with Crippen LogP contribution in [0.1, 0.15) is 28.9 Å². The van der Waals surface area contributed by atoms with E-state index in [9.17, 15) is 4.79 Å². The number of piperidine rings is 1. The molecule has 2 rings (SSSR count). The summed E-state index contributed by atoms with van der Waals surface area (Å²) in [5, 5.41) is 0. The van der Waals surface area contributed by atoms with Crippen molar-refractivity contribution in [2.45, 2.75) is 25.8 Å². The summed E-state index contributed by atoms with van der Waals surface area (Å²) in [6, 6.07) is 3.80. The van der Waals surface area contributed by atoms with Crippen LogP contribution >= 0.6 is 0 Å². The van der Waals surface area contributed by atoms with Crippen molar-refractivity contribution >= 4 is 5.91 Å². The number of likely N-dealkylation sites (tertiary alicyclic amines) is 1. The SMILES string of the molecule is Cc1ccc(C(=O)N2CCCC(N)C2)cn1. The average molecular weight is 219 g/mol. The number of hydrogen-bond donors (Lipinski definition) is 1. The van der Waals surface area contributed by atoms with Gasteiger partial charge in [-0.15, -0.1) is 0 Å². The Balaban J connectivity index is 2.09. The van der Waals surface area contributed by atoms with Gasteiger partial charge in [0.25, 0.3) is 5.91 Å². The molecule has 1 atom stereocenters. The summed E-state index contributed by atoms with van der Waals surface area (Å²) >= 11 is 0. The minimum absolute atomic E-state index is 0.0441. The highest BCUT2D eigenvalue weighted by atomic mass is 16.2. The Hall–Kier alpha value is -1.42. The maximum atomic E-state index is 12.1. The second kappa shape index (κ2) is 4.61. The van der Waals surface area contributed by atoms with E-state index >= 15 is 0 Å². The van der Waals surface area contributed by atoms with Gasteiger partial charge >= 0.3 is 0 Å². The van der Waals surface area contributed by atoms with Crippen molar-refractivity contribution in [3.05, 3.63) is 29.6 Å². The predicted molar refractivity (Wildman–Crippen MR) is 62.1 cm³/mol. The van der Waals surface area contributed by atoms with Crippen molar-refractivity contribution in [3.63, 3.8) is 0 Å². The van der Waals surface area contributed by atoms with Crippen LogP contribution in [-0.4, -0.2) is 34.9 Å². The van der Waals surface area contributed by atoms with E-state index in [1.165, 1.54) is 0 Å². The number of nitrogens with zero attached hydrogens (tertiary/aromatic N) is 2. The molecule has 1 amide bonds. The van der Waals surface area contributed by atoms with Crippen LogP contribution in [0.2, 0.25) is 0 Å². The average Bonchev–Trinajstić information content (AvgIpc) is 2.29. The molecule has 1 aliphatic rings. The van der Waals surface area contributed by atoms with E-state index in [1.54, 1.807) is 6.20 Å². The van der Waals surface area contributed by atoms with Gasteiger partial charge in [-0.3, -0.25) is 9.78 Å². The van der Waals surface area contributed by atoms with E-state index in [2.05, 4.69) is 4.98 Å². The van der Waals surface area contributed by atoms with Crippen molar-refractivity contribution in [1.82, 2.24) is 9.88 Å². The molecular weight excluding hydrogens is 202 g/mol. The monoisotopic (exact) mass is 219 g/mol. The molecule has 1 aliphatic heterocycles. The van der Waals surface area contributed by atoms with Crippen molar-refractivity contribution in [3.8, 4) is 0 Å². The fourth-order valence-electron chi connectivity index (χ4n) is 1.97. The Morgan fingerprint density at radius 1 is 1.56 bits per heavy atom. The molecule has 2 heterocycles. The third kappa shape index (κ3) is 2.39. The molecule has 0 bridgehead atoms. The Kier molecular flexibility index (Phi) is 3.19. The lowest BCUT2D eigenvalue weighted by atomic mass is 10.1. The minimum Gasteiger partial charge on any atom is -0.337 e. The first-order chi connectivity index (χ1) is 7.66. The largest absolute Gasteiger partial charge is 0.337 e. The Morgan fingerprint density at radius 2 is 2.38 bits per heavy atom. The van der Waals surface area contributed by atoms with Gasteiger partial charge in [-0.1, -0.05) is 0 Å². The van der Waals surface area contributed by atoms with Crippen LogP contribution in [0.3, 0.4) is 0 Å². The first-order valence-electron chi connectivity index (χ1n) is 5.64. The maximum Gasteiger partial charge on any atom is 0.255 e. The molecule has 1 saturated heterocycles. The summed E-state index contributed by atoms with van der Waals surface area (Å²) < 4.78 is 0. The topological polar surface area (TPSA) is 59.2 Å². The van der Waals surface area contributed by atoms with Crippen LogP contribution < -0.4 is 5.73 Å². The van der Waals surface area contributed by atoms with Crippen LogP contribution in [-0.2, 0) is 0 Å². The predicted octanol–water partition coefficient (Wildman–Crippen LogP) is 0.953. The van der Waals surface area contributed by atoms with Gasteiger partial charge < -0.3 is 10.6 Å². The number of aryl methyl sites for hydroxylation is 1.